The molecule has 0 bridgehead atoms. The first kappa shape index (κ1) is 32.0. The summed E-state index contributed by atoms with van der Waals surface area (Å²) in [6, 6.07) is 9.54. The van der Waals surface area contributed by atoms with Crippen molar-refractivity contribution in [3.63, 3.8) is 0 Å². The van der Waals surface area contributed by atoms with Crippen LogP contribution in [0.1, 0.15) is 0 Å². The number of fused-ring (bicyclic) bond motifs is 2. The molecule has 1 heterocycles. The summed E-state index contributed by atoms with van der Waals surface area (Å²) in [7, 11) is -15.2. The Morgan fingerprint density at radius 2 is 1.42 bits per heavy atom. The second kappa shape index (κ2) is 11.2. The highest BCUT2D eigenvalue weighted by Gasteiger charge is 2.26. The molecular formula is C24H14ClF2N5O10S3. The molecule has 0 aliphatic carbocycles. The van der Waals surface area contributed by atoms with E-state index in [2.05, 4.69) is 25.5 Å². The predicted octanol–water partition coefficient (Wildman–Crippen LogP) is 5.32. The number of azo groups is 1. The molecular weight excluding hydrogens is 688 g/mol. The van der Waals surface area contributed by atoms with Crippen LogP contribution in [0.15, 0.2) is 79.5 Å². The zero-order valence-electron chi connectivity index (χ0n) is 21.6. The number of anilines is 2. The molecule has 0 aliphatic heterocycles. The van der Waals surface area contributed by atoms with Crippen LogP contribution in [0.4, 0.5) is 31.7 Å². The minimum Gasteiger partial charge on any atom is -0.505 e. The number of aromatic hydroxyl groups is 1. The molecule has 5 N–H and O–H groups in total. The lowest BCUT2D eigenvalue weighted by Gasteiger charge is -2.12. The molecule has 0 atom stereocenters. The monoisotopic (exact) mass is 701 g/mol. The molecule has 5 rings (SSSR count). The van der Waals surface area contributed by atoms with Gasteiger partial charge in [0.1, 0.15) is 31.1 Å². The van der Waals surface area contributed by atoms with Crippen LogP contribution in [-0.4, -0.2) is 54.0 Å². The zero-order valence-corrected chi connectivity index (χ0v) is 24.8. The van der Waals surface area contributed by atoms with Crippen molar-refractivity contribution in [1.82, 2.24) is 9.97 Å². The third kappa shape index (κ3) is 6.24. The lowest BCUT2D eigenvalue weighted by molar-refractivity contribution is 0.472. The van der Waals surface area contributed by atoms with Gasteiger partial charge in [-0.3, -0.25) is 13.7 Å². The van der Waals surface area contributed by atoms with Crippen LogP contribution in [0.2, 0.25) is 5.02 Å². The van der Waals surface area contributed by atoms with Gasteiger partial charge in [0.2, 0.25) is 5.95 Å². The molecule has 0 amide bonds. The maximum Gasteiger partial charge on any atom is 0.313 e. The largest absolute Gasteiger partial charge is 0.505 e. The average Bonchev–Trinajstić information content (AvgIpc) is 2.92. The summed E-state index contributed by atoms with van der Waals surface area (Å²) < 4.78 is 129. The molecule has 0 spiro atoms. The lowest BCUT2D eigenvalue weighted by Crippen LogP contribution is -2.03. The van der Waals surface area contributed by atoms with Crippen molar-refractivity contribution in [2.45, 2.75) is 14.7 Å². The number of phenolic OH excluding ortho intramolecular Hbond substituents is 1. The van der Waals surface area contributed by atoms with E-state index in [9.17, 15) is 52.8 Å². The predicted molar refractivity (Wildman–Crippen MR) is 153 cm³/mol. The minimum atomic E-state index is -5.18. The van der Waals surface area contributed by atoms with Crippen molar-refractivity contribution < 1.29 is 52.8 Å². The van der Waals surface area contributed by atoms with Gasteiger partial charge in [0, 0.05) is 21.8 Å². The number of benzene rings is 4. The molecule has 0 aliphatic rings. The number of nitrogens with one attached hydrogen (secondary N) is 1. The molecule has 21 heteroatoms. The second-order valence-electron chi connectivity index (χ2n) is 8.97. The van der Waals surface area contributed by atoms with Crippen LogP contribution < -0.4 is 5.32 Å². The fourth-order valence-electron chi connectivity index (χ4n) is 4.30. The first-order chi connectivity index (χ1) is 20.9. The highest BCUT2D eigenvalue weighted by Crippen LogP contribution is 2.43. The molecule has 4 aromatic carbocycles. The summed E-state index contributed by atoms with van der Waals surface area (Å²) in [5.74, 6) is -2.73. The molecule has 234 valence electrons. The molecule has 1 aromatic heterocycles. The summed E-state index contributed by atoms with van der Waals surface area (Å²) in [4.78, 5) is 3.47. The Morgan fingerprint density at radius 3 is 2.07 bits per heavy atom. The number of nitrogens with zero attached hydrogens (tertiary/aromatic N) is 4. The standard InChI is InChI=1S/C24H14ClF2N5O10S3/c25-18-22(26)29-24(27)30-23(18)28-11-4-5-12-10(8-11)9-17(44(37,38)39)19(20(12)33)32-31-15-7-6-13-14(21(15)45(40,41)42)2-1-3-16(13)43(34,35)36/h1-9,33H,(H,28,29,30)(H,34,35,36)(H,37,38,39)(H,40,41,42). The highest BCUT2D eigenvalue weighted by atomic mass is 35.5. The van der Waals surface area contributed by atoms with Crippen molar-refractivity contribution >= 4 is 86.4 Å². The first-order valence-electron chi connectivity index (χ1n) is 11.7. The SMILES string of the molecule is O=S(=O)(O)c1cc2cc(Nc3nc(F)nc(F)c3Cl)ccc2c(O)c1N=Nc1ccc2c(S(=O)(=O)O)cccc2c1S(=O)(=O)O. The number of aromatic nitrogens is 2. The second-order valence-corrected chi connectivity index (χ2v) is 13.5. The number of rotatable bonds is 7. The molecule has 0 unspecified atom stereocenters. The Balaban J connectivity index is 1.68. The van der Waals surface area contributed by atoms with Gasteiger partial charge in [-0.2, -0.15) is 44.0 Å². The Labute approximate surface area is 256 Å². The maximum atomic E-state index is 13.7. The minimum absolute atomic E-state index is 0.0372. The van der Waals surface area contributed by atoms with Gasteiger partial charge in [-0.15, -0.1) is 10.2 Å². The van der Waals surface area contributed by atoms with Crippen molar-refractivity contribution in [2.75, 3.05) is 5.32 Å². The zero-order chi connectivity index (χ0) is 33.1. The van der Waals surface area contributed by atoms with E-state index in [0.29, 0.717) is 0 Å². The van der Waals surface area contributed by atoms with Crippen LogP contribution in [0, 0.1) is 12.0 Å². The van der Waals surface area contributed by atoms with Crippen molar-refractivity contribution in [1.29, 1.82) is 0 Å². The van der Waals surface area contributed by atoms with E-state index < -0.39 is 90.4 Å². The van der Waals surface area contributed by atoms with E-state index in [0.717, 1.165) is 36.4 Å². The number of hydrogen-bond acceptors (Lipinski definition) is 12. The van der Waals surface area contributed by atoms with Crippen LogP contribution in [0.5, 0.6) is 5.75 Å². The van der Waals surface area contributed by atoms with Crippen molar-refractivity contribution in [3.8, 4) is 5.75 Å². The third-order valence-electron chi connectivity index (χ3n) is 6.12. The lowest BCUT2D eigenvalue weighted by atomic mass is 10.1. The number of halogens is 3. The van der Waals surface area contributed by atoms with Gasteiger partial charge in [0.15, 0.2) is 11.6 Å². The van der Waals surface area contributed by atoms with E-state index in [1.165, 1.54) is 18.2 Å². The molecule has 0 fully saturated rings. The summed E-state index contributed by atoms with van der Waals surface area (Å²) in [5, 5.41) is 19.2. The normalized spacial score (nSPS) is 12.8. The highest BCUT2D eigenvalue weighted by molar-refractivity contribution is 7.86. The van der Waals surface area contributed by atoms with Gasteiger partial charge < -0.3 is 10.4 Å². The Hall–Kier alpha value is -4.44. The Kier molecular flexibility index (Phi) is 7.94. The van der Waals surface area contributed by atoms with Crippen molar-refractivity contribution in [3.05, 3.63) is 71.6 Å². The van der Waals surface area contributed by atoms with Crippen LogP contribution in [-0.2, 0) is 30.4 Å². The summed E-state index contributed by atoms with van der Waals surface area (Å²) in [5.41, 5.74) is -1.49. The van der Waals surface area contributed by atoms with Crippen LogP contribution in [0.3, 0.4) is 0 Å². The Bertz CT molecular complexity index is 2450. The fourth-order valence-corrected chi connectivity index (χ4v) is 6.63. The molecule has 5 aromatic rings. The summed E-state index contributed by atoms with van der Waals surface area (Å²) >= 11 is 5.75. The quantitative estimate of drug-likeness (QED) is 0.0625. The van der Waals surface area contributed by atoms with Crippen molar-refractivity contribution in [2.24, 2.45) is 10.2 Å². The van der Waals surface area contributed by atoms with E-state index in [4.69, 9.17) is 11.6 Å². The molecule has 15 nitrogen and oxygen atoms in total. The van der Waals surface area contributed by atoms with Crippen LogP contribution in [0.25, 0.3) is 21.5 Å². The summed E-state index contributed by atoms with van der Waals surface area (Å²) in [6.45, 7) is 0. The van der Waals surface area contributed by atoms with Gasteiger partial charge >= 0.3 is 6.08 Å². The van der Waals surface area contributed by atoms with Gasteiger partial charge in [-0.1, -0.05) is 29.8 Å². The fraction of sp³-hybridized carbons (Fsp3) is 0. The maximum absolute atomic E-state index is 13.7. The van der Waals surface area contributed by atoms with E-state index in [1.54, 1.807) is 0 Å². The van der Waals surface area contributed by atoms with Gasteiger partial charge in [0.25, 0.3) is 30.4 Å². The topological polar surface area (TPSA) is 246 Å². The van der Waals surface area contributed by atoms with Gasteiger partial charge in [-0.25, -0.2) is 0 Å². The number of hydrogen-bond donors (Lipinski definition) is 5. The summed E-state index contributed by atoms with van der Waals surface area (Å²) in [6.07, 6.45) is -1.44. The smallest absolute Gasteiger partial charge is 0.313 e. The van der Waals surface area contributed by atoms with E-state index >= 15 is 0 Å². The third-order valence-corrected chi connectivity index (χ3v) is 9.18. The first-order valence-corrected chi connectivity index (χ1v) is 16.4. The average molecular weight is 702 g/mol. The molecule has 0 saturated heterocycles. The van der Waals surface area contributed by atoms with Gasteiger partial charge in [-0.05, 0) is 41.8 Å². The Morgan fingerprint density at radius 1 is 0.756 bits per heavy atom. The van der Waals surface area contributed by atoms with Crippen LogP contribution >= 0.6 is 11.6 Å². The molecule has 0 radical (unpaired) electrons. The number of phenols is 1. The molecule has 45 heavy (non-hydrogen) atoms. The van der Waals surface area contributed by atoms with E-state index in [1.807, 2.05) is 0 Å². The van der Waals surface area contributed by atoms with E-state index in [-0.39, 0.29) is 21.8 Å². The molecule has 0 saturated carbocycles. The van der Waals surface area contributed by atoms with Gasteiger partial charge in [0.05, 0.1) is 0 Å².